The highest BCUT2D eigenvalue weighted by Gasteiger charge is 2.32. The summed E-state index contributed by atoms with van der Waals surface area (Å²) in [5.74, 6) is 0.272. The van der Waals surface area contributed by atoms with Crippen LogP contribution in [0, 0.1) is 0 Å². The van der Waals surface area contributed by atoms with Crippen LogP contribution in [0.15, 0.2) is 17.2 Å². The Kier molecular flexibility index (Phi) is 5.22. The predicted molar refractivity (Wildman–Crippen MR) is 69.2 cm³/mol. The second kappa shape index (κ2) is 6.15. The number of aromatic nitrogens is 1. The molecule has 0 amide bonds. The number of sulfonamides is 1. The van der Waals surface area contributed by atoms with Gasteiger partial charge in [-0.3, -0.25) is 0 Å². The molecule has 0 saturated carbocycles. The zero-order valence-corrected chi connectivity index (χ0v) is 12.2. The van der Waals surface area contributed by atoms with E-state index in [0.29, 0.717) is 0 Å². The highest BCUT2D eigenvalue weighted by Crippen LogP contribution is 2.24. The number of rotatable bonds is 5. The van der Waals surface area contributed by atoms with E-state index in [0.717, 1.165) is 19.2 Å². The first-order chi connectivity index (χ1) is 9.05. The Labute approximate surface area is 119 Å². The van der Waals surface area contributed by atoms with Gasteiger partial charge in [0.25, 0.3) is 0 Å². The lowest BCUT2D eigenvalue weighted by Gasteiger charge is -2.16. The summed E-state index contributed by atoms with van der Waals surface area (Å²) in [4.78, 5) is 3.46. The van der Waals surface area contributed by atoms with E-state index in [1.807, 2.05) is 4.72 Å². The molecule has 0 fully saturated rings. The molecule has 1 atom stereocenters. The van der Waals surface area contributed by atoms with Gasteiger partial charge in [-0.05, 0) is 13.0 Å². The van der Waals surface area contributed by atoms with Gasteiger partial charge in [0, 0.05) is 19.3 Å². The lowest BCUT2D eigenvalue weighted by atomic mass is 10.2. The van der Waals surface area contributed by atoms with Gasteiger partial charge in [-0.1, -0.05) is 11.6 Å². The third kappa shape index (κ3) is 4.80. The average Bonchev–Trinajstić information content (AvgIpc) is 2.25. The van der Waals surface area contributed by atoms with E-state index in [1.165, 1.54) is 0 Å². The number of alkyl halides is 3. The van der Waals surface area contributed by atoms with Crippen molar-refractivity contribution in [2.75, 3.05) is 12.4 Å². The zero-order chi connectivity index (χ0) is 15.6. The molecule has 1 aromatic heterocycles. The van der Waals surface area contributed by atoms with Crippen molar-refractivity contribution in [3.63, 3.8) is 0 Å². The maximum absolute atomic E-state index is 12.2. The van der Waals surface area contributed by atoms with E-state index in [1.54, 1.807) is 7.05 Å². The summed E-state index contributed by atoms with van der Waals surface area (Å²) >= 11 is 5.78. The summed E-state index contributed by atoms with van der Waals surface area (Å²) in [6.45, 7) is 1.13. The van der Waals surface area contributed by atoms with E-state index in [-0.39, 0.29) is 15.7 Å². The molecule has 1 rings (SSSR count). The van der Waals surface area contributed by atoms with Gasteiger partial charge in [-0.25, -0.2) is 18.1 Å². The summed E-state index contributed by atoms with van der Waals surface area (Å²) in [7, 11) is -2.56. The van der Waals surface area contributed by atoms with Crippen molar-refractivity contribution in [3.8, 4) is 0 Å². The van der Waals surface area contributed by atoms with Crippen LogP contribution in [0.25, 0.3) is 0 Å². The van der Waals surface area contributed by atoms with Crippen LogP contribution >= 0.6 is 11.6 Å². The number of hydrogen-bond donors (Lipinski definition) is 2. The standard InChI is InChI=1S/C10H13ClF3N3O2S/c1-6(4-10(12,13)14)17-20(18,19)7-3-8(11)9(15-2)16-5-7/h3,5-6,17H,4H2,1-2H3,(H,15,16). The summed E-state index contributed by atoms with van der Waals surface area (Å²) < 4.78 is 62.2. The molecule has 0 bridgehead atoms. The maximum atomic E-state index is 12.2. The Morgan fingerprint density at radius 2 is 2.05 bits per heavy atom. The second-order valence-electron chi connectivity index (χ2n) is 4.09. The van der Waals surface area contributed by atoms with Crippen LogP contribution in [-0.4, -0.2) is 32.7 Å². The summed E-state index contributed by atoms with van der Waals surface area (Å²) in [6.07, 6.45) is -4.70. The van der Waals surface area contributed by atoms with Crippen molar-refractivity contribution in [2.45, 2.75) is 30.5 Å². The van der Waals surface area contributed by atoms with Gasteiger partial charge in [0.1, 0.15) is 10.7 Å². The molecule has 0 aromatic carbocycles. The Bertz CT molecular complexity index is 578. The summed E-state index contributed by atoms with van der Waals surface area (Å²) in [6, 6.07) is -0.175. The Hall–Kier alpha value is -1.06. The van der Waals surface area contributed by atoms with Gasteiger partial charge in [-0.2, -0.15) is 13.2 Å². The molecule has 10 heteroatoms. The van der Waals surface area contributed by atoms with Crippen molar-refractivity contribution in [3.05, 3.63) is 17.3 Å². The Morgan fingerprint density at radius 1 is 1.45 bits per heavy atom. The van der Waals surface area contributed by atoms with E-state index >= 15 is 0 Å². The van der Waals surface area contributed by atoms with Crippen LogP contribution in [0.4, 0.5) is 19.0 Å². The van der Waals surface area contributed by atoms with Crippen LogP contribution < -0.4 is 10.0 Å². The van der Waals surface area contributed by atoms with E-state index in [4.69, 9.17) is 11.6 Å². The highest BCUT2D eigenvalue weighted by molar-refractivity contribution is 7.89. The molecule has 2 N–H and O–H groups in total. The molecule has 5 nitrogen and oxygen atoms in total. The molecule has 0 aliphatic heterocycles. The van der Waals surface area contributed by atoms with E-state index < -0.39 is 28.7 Å². The number of anilines is 1. The first-order valence-corrected chi connectivity index (χ1v) is 7.33. The number of pyridine rings is 1. The lowest BCUT2D eigenvalue weighted by Crippen LogP contribution is -2.36. The minimum Gasteiger partial charge on any atom is -0.372 e. The van der Waals surface area contributed by atoms with Crippen molar-refractivity contribution in [1.82, 2.24) is 9.71 Å². The van der Waals surface area contributed by atoms with Crippen LogP contribution in [0.5, 0.6) is 0 Å². The minimum absolute atomic E-state index is 0.0545. The molecule has 1 aromatic rings. The molecular formula is C10H13ClF3N3O2S. The monoisotopic (exact) mass is 331 g/mol. The Balaban J connectivity index is 2.91. The maximum Gasteiger partial charge on any atom is 0.390 e. The first kappa shape index (κ1) is 17.0. The second-order valence-corrected chi connectivity index (χ2v) is 6.21. The Morgan fingerprint density at radius 3 is 2.50 bits per heavy atom. The molecule has 20 heavy (non-hydrogen) atoms. The third-order valence-corrected chi connectivity index (χ3v) is 4.10. The van der Waals surface area contributed by atoms with Crippen molar-refractivity contribution < 1.29 is 21.6 Å². The first-order valence-electron chi connectivity index (χ1n) is 5.47. The van der Waals surface area contributed by atoms with Gasteiger partial charge in [-0.15, -0.1) is 0 Å². The SMILES string of the molecule is CNc1ncc(S(=O)(=O)NC(C)CC(F)(F)F)cc1Cl. The molecule has 0 radical (unpaired) electrons. The largest absolute Gasteiger partial charge is 0.390 e. The lowest BCUT2D eigenvalue weighted by molar-refractivity contribution is -0.137. The van der Waals surface area contributed by atoms with Crippen LogP contribution in [0.3, 0.4) is 0 Å². The topological polar surface area (TPSA) is 71.1 Å². The molecule has 1 heterocycles. The highest BCUT2D eigenvalue weighted by atomic mass is 35.5. The van der Waals surface area contributed by atoms with Gasteiger partial charge in [0.2, 0.25) is 10.0 Å². The molecule has 0 aliphatic carbocycles. The molecule has 1 unspecified atom stereocenters. The predicted octanol–water partition coefficient (Wildman–Crippen LogP) is 2.40. The minimum atomic E-state index is -4.45. The molecular weight excluding hydrogens is 319 g/mol. The van der Waals surface area contributed by atoms with Crippen molar-refractivity contribution >= 4 is 27.4 Å². The molecule has 0 spiro atoms. The van der Waals surface area contributed by atoms with Crippen molar-refractivity contribution in [1.29, 1.82) is 0 Å². The van der Waals surface area contributed by atoms with Crippen molar-refractivity contribution in [2.24, 2.45) is 0 Å². The zero-order valence-electron chi connectivity index (χ0n) is 10.6. The number of nitrogens with zero attached hydrogens (tertiary/aromatic N) is 1. The average molecular weight is 332 g/mol. The fraction of sp³-hybridized carbons (Fsp3) is 0.500. The normalized spacial score (nSPS) is 14.1. The van der Waals surface area contributed by atoms with E-state index in [9.17, 15) is 21.6 Å². The molecule has 0 aliphatic rings. The summed E-state index contributed by atoms with van der Waals surface area (Å²) in [5.41, 5.74) is 0. The fourth-order valence-electron chi connectivity index (χ4n) is 1.47. The van der Waals surface area contributed by atoms with Crippen LogP contribution in [0.1, 0.15) is 13.3 Å². The van der Waals surface area contributed by atoms with Gasteiger partial charge >= 0.3 is 6.18 Å². The van der Waals surface area contributed by atoms with Gasteiger partial charge in [0.05, 0.1) is 11.4 Å². The van der Waals surface area contributed by atoms with Crippen LogP contribution in [-0.2, 0) is 10.0 Å². The quantitative estimate of drug-likeness (QED) is 0.869. The van der Waals surface area contributed by atoms with E-state index in [2.05, 4.69) is 10.3 Å². The number of nitrogens with one attached hydrogen (secondary N) is 2. The summed E-state index contributed by atoms with van der Waals surface area (Å²) in [5, 5.41) is 2.69. The number of halogens is 4. The molecule has 0 saturated heterocycles. The smallest absolute Gasteiger partial charge is 0.372 e. The number of hydrogen-bond acceptors (Lipinski definition) is 4. The third-order valence-electron chi connectivity index (χ3n) is 2.26. The van der Waals surface area contributed by atoms with Gasteiger partial charge in [0.15, 0.2) is 0 Å². The fourth-order valence-corrected chi connectivity index (χ4v) is 3.01. The molecule has 114 valence electrons. The van der Waals surface area contributed by atoms with Gasteiger partial charge < -0.3 is 5.32 Å². The van der Waals surface area contributed by atoms with Crippen LogP contribution in [0.2, 0.25) is 5.02 Å².